The van der Waals surface area contributed by atoms with Crippen LogP contribution in [0.4, 0.5) is 0 Å². The van der Waals surface area contributed by atoms with Crippen LogP contribution in [0.25, 0.3) is 0 Å². The highest BCUT2D eigenvalue weighted by Crippen LogP contribution is 2.51. The largest absolute Gasteiger partial charge is 0.507 e. The molecule has 0 saturated heterocycles. The molecular formula is C17H15Br3N2O3. The SMILES string of the molecule is COc1c(Br)c(Br)c(C2CC(c3ccccc3O)=NN2)c(Br)c1OC. The molecule has 0 saturated carbocycles. The van der Waals surface area contributed by atoms with Crippen molar-refractivity contribution in [2.24, 2.45) is 5.10 Å². The molecule has 1 aliphatic rings. The maximum absolute atomic E-state index is 10.1. The summed E-state index contributed by atoms with van der Waals surface area (Å²) in [6.07, 6.45) is 0.622. The van der Waals surface area contributed by atoms with E-state index in [-0.39, 0.29) is 11.8 Å². The molecule has 2 aromatic carbocycles. The van der Waals surface area contributed by atoms with Crippen molar-refractivity contribution < 1.29 is 14.6 Å². The van der Waals surface area contributed by atoms with Crippen LogP contribution in [0.2, 0.25) is 0 Å². The van der Waals surface area contributed by atoms with Crippen molar-refractivity contribution in [3.8, 4) is 17.2 Å². The predicted molar refractivity (Wildman–Crippen MR) is 108 cm³/mol. The van der Waals surface area contributed by atoms with Gasteiger partial charge in [0.2, 0.25) is 0 Å². The molecule has 3 rings (SSSR count). The van der Waals surface area contributed by atoms with Crippen LogP contribution >= 0.6 is 47.8 Å². The Morgan fingerprint density at radius 2 is 1.68 bits per heavy atom. The van der Waals surface area contributed by atoms with Gasteiger partial charge < -0.3 is 20.0 Å². The normalized spacial score (nSPS) is 16.4. The number of phenols is 1. The Morgan fingerprint density at radius 3 is 2.32 bits per heavy atom. The molecule has 1 heterocycles. The average molecular weight is 535 g/mol. The Kier molecular flexibility index (Phi) is 5.60. The minimum Gasteiger partial charge on any atom is -0.507 e. The van der Waals surface area contributed by atoms with Gasteiger partial charge in [-0.2, -0.15) is 5.10 Å². The number of hydrogen-bond donors (Lipinski definition) is 2. The molecule has 2 N–H and O–H groups in total. The van der Waals surface area contributed by atoms with E-state index in [1.165, 1.54) is 0 Å². The number of ether oxygens (including phenoxy) is 2. The summed E-state index contributed by atoms with van der Waals surface area (Å²) in [7, 11) is 3.19. The van der Waals surface area contributed by atoms with E-state index >= 15 is 0 Å². The summed E-state index contributed by atoms with van der Waals surface area (Å²) in [5.74, 6) is 1.42. The quantitative estimate of drug-likeness (QED) is 0.534. The topological polar surface area (TPSA) is 63.1 Å². The van der Waals surface area contributed by atoms with Crippen molar-refractivity contribution in [2.75, 3.05) is 14.2 Å². The minimum atomic E-state index is -0.0885. The van der Waals surface area contributed by atoms with Crippen LogP contribution in [0.3, 0.4) is 0 Å². The maximum atomic E-state index is 10.1. The van der Waals surface area contributed by atoms with Gasteiger partial charge in [0, 0.05) is 22.0 Å². The number of methoxy groups -OCH3 is 2. The molecule has 2 aromatic rings. The van der Waals surface area contributed by atoms with Gasteiger partial charge in [-0.05, 0) is 59.9 Å². The summed E-state index contributed by atoms with van der Waals surface area (Å²) in [5.41, 5.74) is 5.63. The first-order valence-corrected chi connectivity index (χ1v) is 9.76. The van der Waals surface area contributed by atoms with Crippen LogP contribution in [0.1, 0.15) is 23.6 Å². The van der Waals surface area contributed by atoms with E-state index in [1.807, 2.05) is 12.1 Å². The Hall–Kier alpha value is -1.25. The van der Waals surface area contributed by atoms with Gasteiger partial charge in [-0.3, -0.25) is 0 Å². The third-order valence-corrected chi connectivity index (χ3v) is 6.89. The maximum Gasteiger partial charge on any atom is 0.177 e. The lowest BCUT2D eigenvalue weighted by molar-refractivity contribution is 0.349. The first-order chi connectivity index (χ1) is 12.0. The molecule has 25 heavy (non-hydrogen) atoms. The molecule has 132 valence electrons. The van der Waals surface area contributed by atoms with Gasteiger partial charge in [-0.15, -0.1) is 0 Å². The number of hydrazone groups is 1. The molecule has 1 aliphatic heterocycles. The van der Waals surface area contributed by atoms with E-state index in [0.29, 0.717) is 17.9 Å². The van der Waals surface area contributed by atoms with Gasteiger partial charge in [0.1, 0.15) is 5.75 Å². The monoisotopic (exact) mass is 532 g/mol. The number of phenolic OH excluding ortho intramolecular Hbond substituents is 1. The fourth-order valence-electron chi connectivity index (χ4n) is 2.80. The smallest absolute Gasteiger partial charge is 0.177 e. The Balaban J connectivity index is 2.00. The number of aromatic hydroxyl groups is 1. The molecule has 0 aromatic heterocycles. The van der Waals surface area contributed by atoms with Crippen LogP contribution in [-0.4, -0.2) is 25.0 Å². The zero-order valence-corrected chi connectivity index (χ0v) is 18.2. The van der Waals surface area contributed by atoms with E-state index in [9.17, 15) is 5.11 Å². The standard InChI is InChI=1S/C17H15Br3N2O3/c1-24-16-14(19)12(13(18)15(20)17(16)25-2)10-7-9(21-22-10)8-5-3-4-6-11(8)23/h3-6,10,22-23H,7H2,1-2H3. The highest BCUT2D eigenvalue weighted by molar-refractivity contribution is 9.13. The molecule has 0 radical (unpaired) electrons. The molecular weight excluding hydrogens is 520 g/mol. The second kappa shape index (κ2) is 7.55. The van der Waals surface area contributed by atoms with Gasteiger partial charge in [0.15, 0.2) is 11.5 Å². The van der Waals surface area contributed by atoms with Crippen LogP contribution < -0.4 is 14.9 Å². The first kappa shape index (κ1) is 18.5. The highest BCUT2D eigenvalue weighted by atomic mass is 79.9. The highest BCUT2D eigenvalue weighted by Gasteiger charge is 2.31. The van der Waals surface area contributed by atoms with Crippen molar-refractivity contribution in [3.63, 3.8) is 0 Å². The number of nitrogens with one attached hydrogen (secondary N) is 1. The number of rotatable bonds is 4. The van der Waals surface area contributed by atoms with E-state index in [4.69, 9.17) is 9.47 Å². The van der Waals surface area contributed by atoms with E-state index in [0.717, 1.165) is 30.3 Å². The zero-order valence-electron chi connectivity index (χ0n) is 13.4. The third-order valence-electron chi connectivity index (χ3n) is 4.00. The number of hydrogen-bond acceptors (Lipinski definition) is 5. The Morgan fingerprint density at radius 1 is 1.04 bits per heavy atom. The van der Waals surface area contributed by atoms with Gasteiger partial charge in [0.05, 0.1) is 34.9 Å². The second-order valence-corrected chi connectivity index (χ2v) is 7.76. The van der Waals surface area contributed by atoms with Crippen molar-refractivity contribution in [2.45, 2.75) is 12.5 Å². The zero-order chi connectivity index (χ0) is 18.1. The number of para-hydroxylation sites is 1. The molecule has 1 unspecified atom stereocenters. The Labute approximate surface area is 170 Å². The third kappa shape index (κ3) is 3.27. The molecule has 0 spiro atoms. The molecule has 8 heteroatoms. The van der Waals surface area contributed by atoms with Crippen LogP contribution in [0.5, 0.6) is 17.2 Å². The van der Waals surface area contributed by atoms with Gasteiger partial charge in [-0.25, -0.2) is 0 Å². The lowest BCUT2D eigenvalue weighted by Crippen LogP contribution is -2.13. The molecule has 0 fully saturated rings. The van der Waals surface area contributed by atoms with Crippen LogP contribution in [-0.2, 0) is 0 Å². The lowest BCUT2D eigenvalue weighted by Gasteiger charge is -2.21. The van der Waals surface area contributed by atoms with Crippen LogP contribution in [0.15, 0.2) is 42.8 Å². The molecule has 0 bridgehead atoms. The van der Waals surface area contributed by atoms with E-state index in [1.54, 1.807) is 26.4 Å². The fourth-order valence-corrected chi connectivity index (χ4v) is 5.09. The number of benzene rings is 2. The van der Waals surface area contributed by atoms with Crippen molar-refractivity contribution in [1.29, 1.82) is 0 Å². The molecule has 5 nitrogen and oxygen atoms in total. The van der Waals surface area contributed by atoms with Gasteiger partial charge in [-0.1, -0.05) is 12.1 Å². The average Bonchev–Trinajstić information content (AvgIpc) is 3.07. The number of halogens is 3. The van der Waals surface area contributed by atoms with E-state index in [2.05, 4.69) is 58.3 Å². The molecule has 0 aliphatic carbocycles. The van der Waals surface area contributed by atoms with Crippen LogP contribution in [0, 0.1) is 0 Å². The minimum absolute atomic E-state index is 0.0885. The predicted octanol–water partition coefficient (Wildman–Crippen LogP) is 5.14. The molecule has 1 atom stereocenters. The summed E-state index contributed by atoms with van der Waals surface area (Å²) in [6, 6.07) is 7.09. The Bertz CT molecular complexity index is 856. The van der Waals surface area contributed by atoms with Gasteiger partial charge >= 0.3 is 0 Å². The van der Waals surface area contributed by atoms with Crippen molar-refractivity contribution in [1.82, 2.24) is 5.43 Å². The van der Waals surface area contributed by atoms with Gasteiger partial charge in [0.25, 0.3) is 0 Å². The summed E-state index contributed by atoms with van der Waals surface area (Å²) in [5, 5.41) is 14.5. The number of nitrogens with zero attached hydrogens (tertiary/aromatic N) is 1. The summed E-state index contributed by atoms with van der Waals surface area (Å²) < 4.78 is 13.3. The first-order valence-electron chi connectivity index (χ1n) is 7.38. The summed E-state index contributed by atoms with van der Waals surface area (Å²) in [6.45, 7) is 0. The summed E-state index contributed by atoms with van der Waals surface area (Å²) >= 11 is 10.8. The second-order valence-electron chi connectivity index (χ2n) is 5.38. The summed E-state index contributed by atoms with van der Waals surface area (Å²) in [4.78, 5) is 0. The lowest BCUT2D eigenvalue weighted by atomic mass is 9.98. The van der Waals surface area contributed by atoms with Crippen molar-refractivity contribution in [3.05, 3.63) is 48.8 Å². The molecule has 0 amide bonds. The fraction of sp³-hybridized carbons (Fsp3) is 0.235. The van der Waals surface area contributed by atoms with E-state index < -0.39 is 0 Å². The van der Waals surface area contributed by atoms with Crippen molar-refractivity contribution >= 4 is 53.5 Å².